The molecule has 0 saturated carbocycles. The topological polar surface area (TPSA) is 67.5 Å². The van der Waals surface area contributed by atoms with Gasteiger partial charge < -0.3 is 9.52 Å². The van der Waals surface area contributed by atoms with Crippen LogP contribution in [0.2, 0.25) is 0 Å². The Bertz CT molecular complexity index is 912. The van der Waals surface area contributed by atoms with Crippen LogP contribution in [0.4, 0.5) is 0 Å². The van der Waals surface area contributed by atoms with Crippen LogP contribution < -0.4 is 5.63 Å². The number of hydrogen-bond acceptors (Lipinski definition) is 3. The van der Waals surface area contributed by atoms with Crippen molar-refractivity contribution < 1.29 is 14.3 Å². The van der Waals surface area contributed by atoms with Gasteiger partial charge in [-0.15, -0.1) is 0 Å². The molecule has 0 aliphatic heterocycles. The van der Waals surface area contributed by atoms with Gasteiger partial charge in [0.25, 0.3) is 0 Å². The third kappa shape index (κ3) is 2.60. The number of benzene rings is 2. The van der Waals surface area contributed by atoms with E-state index in [9.17, 15) is 9.59 Å². The van der Waals surface area contributed by atoms with Crippen LogP contribution in [0, 0.1) is 0 Å². The Kier molecular flexibility index (Phi) is 3.35. The highest BCUT2D eigenvalue weighted by molar-refractivity contribution is 9.10. The molecule has 0 saturated heterocycles. The predicted molar refractivity (Wildman–Crippen MR) is 82.6 cm³/mol. The molecule has 0 bridgehead atoms. The van der Waals surface area contributed by atoms with Crippen LogP contribution in [0.15, 0.2) is 62.2 Å². The molecule has 5 heteroatoms. The van der Waals surface area contributed by atoms with Crippen LogP contribution >= 0.6 is 15.9 Å². The van der Waals surface area contributed by atoms with Crippen molar-refractivity contribution in [1.29, 1.82) is 0 Å². The molecule has 3 rings (SSSR count). The highest BCUT2D eigenvalue weighted by Gasteiger charge is 2.10. The average molecular weight is 345 g/mol. The molecule has 4 nitrogen and oxygen atoms in total. The molecule has 0 spiro atoms. The Morgan fingerprint density at radius 1 is 1.10 bits per heavy atom. The van der Waals surface area contributed by atoms with Crippen molar-refractivity contribution in [2.45, 2.75) is 0 Å². The molecule has 21 heavy (non-hydrogen) atoms. The molecule has 0 amide bonds. The SMILES string of the molecule is O=C(O)c1cccc(-c2cc3cc(Br)ccc3oc2=O)c1. The molecule has 1 heterocycles. The minimum Gasteiger partial charge on any atom is -0.478 e. The highest BCUT2D eigenvalue weighted by atomic mass is 79.9. The Hall–Kier alpha value is -2.40. The second-order valence-electron chi connectivity index (χ2n) is 4.52. The Morgan fingerprint density at radius 2 is 1.90 bits per heavy atom. The fraction of sp³-hybridized carbons (Fsp3) is 0. The molecule has 1 aromatic heterocycles. The first kappa shape index (κ1) is 13.6. The van der Waals surface area contributed by atoms with Crippen molar-refractivity contribution in [1.82, 2.24) is 0 Å². The lowest BCUT2D eigenvalue weighted by molar-refractivity contribution is 0.0697. The zero-order valence-electron chi connectivity index (χ0n) is 10.7. The monoisotopic (exact) mass is 344 g/mol. The third-order valence-corrected chi connectivity index (χ3v) is 3.61. The van der Waals surface area contributed by atoms with Crippen molar-refractivity contribution in [3.63, 3.8) is 0 Å². The average Bonchev–Trinajstić information content (AvgIpc) is 2.47. The quantitative estimate of drug-likeness (QED) is 0.715. The predicted octanol–water partition coefficient (Wildman–Crippen LogP) is 3.92. The van der Waals surface area contributed by atoms with Gasteiger partial charge in [-0.1, -0.05) is 28.1 Å². The van der Waals surface area contributed by atoms with Gasteiger partial charge in [-0.05, 0) is 42.0 Å². The van der Waals surface area contributed by atoms with Crippen LogP contribution in [-0.4, -0.2) is 11.1 Å². The number of aromatic carboxylic acids is 1. The number of carbonyl (C=O) groups is 1. The Morgan fingerprint density at radius 3 is 2.67 bits per heavy atom. The smallest absolute Gasteiger partial charge is 0.344 e. The summed E-state index contributed by atoms with van der Waals surface area (Å²) in [6.07, 6.45) is 0. The zero-order chi connectivity index (χ0) is 15.0. The van der Waals surface area contributed by atoms with Crippen LogP contribution in [0.5, 0.6) is 0 Å². The minimum absolute atomic E-state index is 0.126. The normalized spacial score (nSPS) is 10.7. The van der Waals surface area contributed by atoms with Gasteiger partial charge in [0.1, 0.15) is 5.58 Å². The molecule has 0 fully saturated rings. The first-order chi connectivity index (χ1) is 10.0. The molecule has 0 aliphatic rings. The van der Waals surface area contributed by atoms with Crippen molar-refractivity contribution >= 4 is 32.9 Å². The van der Waals surface area contributed by atoms with E-state index in [4.69, 9.17) is 9.52 Å². The number of carboxylic acids is 1. The fourth-order valence-electron chi connectivity index (χ4n) is 2.12. The van der Waals surface area contributed by atoms with E-state index in [1.54, 1.807) is 30.3 Å². The van der Waals surface area contributed by atoms with E-state index >= 15 is 0 Å². The van der Waals surface area contributed by atoms with Crippen molar-refractivity contribution in [2.75, 3.05) is 0 Å². The van der Waals surface area contributed by atoms with Gasteiger partial charge in [0, 0.05) is 9.86 Å². The number of carboxylic acid groups (broad SMARTS) is 1. The van der Waals surface area contributed by atoms with Gasteiger partial charge >= 0.3 is 11.6 Å². The summed E-state index contributed by atoms with van der Waals surface area (Å²) in [6.45, 7) is 0. The summed E-state index contributed by atoms with van der Waals surface area (Å²) in [6, 6.07) is 13.2. The van der Waals surface area contributed by atoms with Crippen LogP contribution in [0.3, 0.4) is 0 Å². The van der Waals surface area contributed by atoms with E-state index in [0.29, 0.717) is 16.7 Å². The third-order valence-electron chi connectivity index (χ3n) is 3.11. The second kappa shape index (κ2) is 5.18. The maximum Gasteiger partial charge on any atom is 0.344 e. The summed E-state index contributed by atoms with van der Waals surface area (Å²) in [5, 5.41) is 9.79. The first-order valence-corrected chi connectivity index (χ1v) is 6.91. The van der Waals surface area contributed by atoms with Gasteiger partial charge in [0.05, 0.1) is 11.1 Å². The summed E-state index contributed by atoms with van der Waals surface area (Å²) >= 11 is 3.36. The van der Waals surface area contributed by atoms with E-state index in [1.807, 2.05) is 6.07 Å². The molecular weight excluding hydrogens is 336 g/mol. The largest absolute Gasteiger partial charge is 0.478 e. The summed E-state index contributed by atoms with van der Waals surface area (Å²) in [5.41, 5.74) is 0.976. The molecule has 0 aliphatic carbocycles. The fourth-order valence-corrected chi connectivity index (χ4v) is 2.49. The van der Waals surface area contributed by atoms with Gasteiger partial charge in [-0.3, -0.25) is 0 Å². The first-order valence-electron chi connectivity index (χ1n) is 6.12. The van der Waals surface area contributed by atoms with E-state index in [0.717, 1.165) is 9.86 Å². The summed E-state index contributed by atoms with van der Waals surface area (Å²) in [7, 11) is 0. The molecule has 2 aromatic carbocycles. The molecular formula is C16H9BrO4. The van der Waals surface area contributed by atoms with Gasteiger partial charge in [0.2, 0.25) is 0 Å². The summed E-state index contributed by atoms with van der Waals surface area (Å²) in [5.74, 6) is -1.04. The lowest BCUT2D eigenvalue weighted by Gasteiger charge is -2.04. The number of hydrogen-bond donors (Lipinski definition) is 1. The van der Waals surface area contributed by atoms with Gasteiger partial charge in [-0.2, -0.15) is 0 Å². The van der Waals surface area contributed by atoms with Crippen LogP contribution in [0.25, 0.3) is 22.1 Å². The van der Waals surface area contributed by atoms with Crippen molar-refractivity contribution in [3.8, 4) is 11.1 Å². The zero-order valence-corrected chi connectivity index (χ0v) is 12.3. The van der Waals surface area contributed by atoms with E-state index < -0.39 is 11.6 Å². The summed E-state index contributed by atoms with van der Waals surface area (Å²) in [4.78, 5) is 23.1. The lowest BCUT2D eigenvalue weighted by Crippen LogP contribution is -2.04. The van der Waals surface area contributed by atoms with Crippen LogP contribution in [0.1, 0.15) is 10.4 Å². The summed E-state index contributed by atoms with van der Waals surface area (Å²) < 4.78 is 6.15. The Labute approximate surface area is 127 Å². The molecule has 0 atom stereocenters. The van der Waals surface area contributed by atoms with E-state index in [-0.39, 0.29) is 5.56 Å². The van der Waals surface area contributed by atoms with Crippen LogP contribution in [-0.2, 0) is 0 Å². The Balaban J connectivity index is 2.24. The standard InChI is InChI=1S/C16H9BrO4/c17-12-4-5-14-11(7-12)8-13(16(20)21-14)9-2-1-3-10(6-9)15(18)19/h1-8H,(H,18,19). The number of halogens is 1. The van der Waals surface area contributed by atoms with E-state index in [2.05, 4.69) is 15.9 Å². The second-order valence-corrected chi connectivity index (χ2v) is 5.43. The molecule has 104 valence electrons. The molecule has 1 N–H and O–H groups in total. The molecule has 0 radical (unpaired) electrons. The maximum atomic E-state index is 12.1. The molecule has 3 aromatic rings. The molecule has 0 unspecified atom stereocenters. The van der Waals surface area contributed by atoms with Crippen molar-refractivity contribution in [3.05, 3.63) is 69.0 Å². The van der Waals surface area contributed by atoms with Gasteiger partial charge in [-0.25, -0.2) is 9.59 Å². The minimum atomic E-state index is -1.04. The van der Waals surface area contributed by atoms with Gasteiger partial charge in [0.15, 0.2) is 0 Å². The number of fused-ring (bicyclic) bond motifs is 1. The number of rotatable bonds is 2. The lowest BCUT2D eigenvalue weighted by atomic mass is 10.0. The van der Waals surface area contributed by atoms with E-state index in [1.165, 1.54) is 12.1 Å². The maximum absolute atomic E-state index is 12.1. The highest BCUT2D eigenvalue weighted by Crippen LogP contribution is 2.24. The van der Waals surface area contributed by atoms with Crippen molar-refractivity contribution in [2.24, 2.45) is 0 Å².